The lowest BCUT2D eigenvalue weighted by Crippen LogP contribution is -2.03. The first-order valence-electron chi connectivity index (χ1n) is 3.58. The van der Waals surface area contributed by atoms with Gasteiger partial charge in [-0.05, 0) is 13.2 Å². The molecule has 3 nitrogen and oxygen atoms in total. The summed E-state index contributed by atoms with van der Waals surface area (Å²) in [4.78, 5) is 4.03. The second-order valence-electron chi connectivity index (χ2n) is 2.29. The van der Waals surface area contributed by atoms with Gasteiger partial charge in [0, 0.05) is 18.0 Å². The summed E-state index contributed by atoms with van der Waals surface area (Å²) in [6.45, 7) is 2.98. The van der Waals surface area contributed by atoms with Gasteiger partial charge in [-0.1, -0.05) is 0 Å². The van der Waals surface area contributed by atoms with E-state index in [2.05, 4.69) is 18.2 Å². The lowest BCUT2D eigenvalue weighted by Gasteiger charge is -2.04. The zero-order valence-electron chi connectivity index (χ0n) is 6.87. The summed E-state index contributed by atoms with van der Waals surface area (Å²) in [7, 11) is 0. The predicted molar refractivity (Wildman–Crippen MR) is 49.5 cm³/mol. The van der Waals surface area contributed by atoms with Crippen molar-refractivity contribution in [1.29, 1.82) is 0 Å². The number of hydrogen-bond acceptors (Lipinski definition) is 3. The van der Waals surface area contributed by atoms with Crippen molar-refractivity contribution in [3.05, 3.63) is 11.9 Å². The summed E-state index contributed by atoms with van der Waals surface area (Å²) in [6, 6.07) is 0. The minimum absolute atomic E-state index is 0.622. The van der Waals surface area contributed by atoms with Crippen LogP contribution < -0.4 is 5.73 Å². The van der Waals surface area contributed by atoms with Crippen LogP contribution in [0.1, 0.15) is 12.6 Å². The number of thioether (sulfide) groups is 1. The van der Waals surface area contributed by atoms with Gasteiger partial charge in [0.15, 0.2) is 5.95 Å². The largest absolute Gasteiger partial charge is 0.369 e. The molecule has 62 valence electrons. The van der Waals surface area contributed by atoms with E-state index in [-0.39, 0.29) is 0 Å². The summed E-state index contributed by atoms with van der Waals surface area (Å²) >= 11 is 1.78. The lowest BCUT2D eigenvalue weighted by molar-refractivity contribution is 0.746. The zero-order chi connectivity index (χ0) is 8.27. The fraction of sp³-hybridized carbons (Fsp3) is 0.571. The van der Waals surface area contributed by atoms with Crippen molar-refractivity contribution in [3.63, 3.8) is 0 Å². The molecule has 0 aromatic carbocycles. The second-order valence-corrected chi connectivity index (χ2v) is 3.15. The number of hydrogen-bond donors (Lipinski definition) is 1. The summed E-state index contributed by atoms with van der Waals surface area (Å²) in [5, 5.41) is 0. The van der Waals surface area contributed by atoms with Crippen LogP contribution >= 0.6 is 11.8 Å². The van der Waals surface area contributed by atoms with Gasteiger partial charge >= 0.3 is 0 Å². The van der Waals surface area contributed by atoms with Gasteiger partial charge < -0.3 is 10.3 Å². The molecule has 1 heterocycles. The van der Waals surface area contributed by atoms with Crippen LogP contribution in [0.2, 0.25) is 0 Å². The van der Waals surface area contributed by atoms with Gasteiger partial charge in [0.2, 0.25) is 0 Å². The normalized spacial score (nSPS) is 10.4. The van der Waals surface area contributed by atoms with E-state index in [1.54, 1.807) is 11.8 Å². The highest BCUT2D eigenvalue weighted by atomic mass is 32.2. The molecule has 0 spiro atoms. The second kappa shape index (κ2) is 3.67. The van der Waals surface area contributed by atoms with Crippen molar-refractivity contribution in [3.8, 4) is 0 Å². The molecule has 2 N–H and O–H groups in total. The van der Waals surface area contributed by atoms with E-state index >= 15 is 0 Å². The van der Waals surface area contributed by atoms with Crippen LogP contribution in [0.25, 0.3) is 0 Å². The average molecular weight is 171 g/mol. The maximum Gasteiger partial charge on any atom is 0.200 e. The van der Waals surface area contributed by atoms with E-state index in [0.29, 0.717) is 5.95 Å². The summed E-state index contributed by atoms with van der Waals surface area (Å²) < 4.78 is 2.02. The minimum Gasteiger partial charge on any atom is -0.369 e. The SMILES string of the molecule is CCn1c(CSC)cnc1N. The van der Waals surface area contributed by atoms with Crippen LogP contribution in [-0.2, 0) is 12.3 Å². The van der Waals surface area contributed by atoms with Crippen LogP contribution in [-0.4, -0.2) is 15.8 Å². The van der Waals surface area contributed by atoms with E-state index in [0.717, 1.165) is 12.3 Å². The smallest absolute Gasteiger partial charge is 0.200 e. The molecule has 0 radical (unpaired) electrons. The van der Waals surface area contributed by atoms with E-state index in [1.807, 2.05) is 10.8 Å². The average Bonchev–Trinajstić information content (AvgIpc) is 2.33. The fourth-order valence-electron chi connectivity index (χ4n) is 1.06. The third-order valence-electron chi connectivity index (χ3n) is 1.58. The van der Waals surface area contributed by atoms with E-state index in [9.17, 15) is 0 Å². The van der Waals surface area contributed by atoms with Gasteiger partial charge in [0.1, 0.15) is 0 Å². The molecule has 0 saturated carbocycles. The van der Waals surface area contributed by atoms with Crippen molar-refractivity contribution in [2.75, 3.05) is 12.0 Å². The third-order valence-corrected chi connectivity index (χ3v) is 2.16. The van der Waals surface area contributed by atoms with Crippen LogP contribution in [0, 0.1) is 0 Å². The molecule has 0 atom stereocenters. The molecule has 0 aliphatic rings. The molecule has 11 heavy (non-hydrogen) atoms. The first-order valence-corrected chi connectivity index (χ1v) is 4.97. The van der Waals surface area contributed by atoms with Gasteiger partial charge in [-0.15, -0.1) is 0 Å². The van der Waals surface area contributed by atoms with Gasteiger partial charge in [-0.2, -0.15) is 11.8 Å². The zero-order valence-corrected chi connectivity index (χ0v) is 7.69. The Morgan fingerprint density at radius 2 is 2.45 bits per heavy atom. The highest BCUT2D eigenvalue weighted by Crippen LogP contribution is 2.12. The van der Waals surface area contributed by atoms with Crippen LogP contribution in [0.3, 0.4) is 0 Å². The van der Waals surface area contributed by atoms with E-state index < -0.39 is 0 Å². The van der Waals surface area contributed by atoms with Crippen molar-refractivity contribution in [1.82, 2.24) is 9.55 Å². The molecular weight excluding hydrogens is 158 g/mol. The molecule has 4 heteroatoms. The van der Waals surface area contributed by atoms with Crippen molar-refractivity contribution in [2.24, 2.45) is 0 Å². The van der Waals surface area contributed by atoms with Crippen LogP contribution in [0.5, 0.6) is 0 Å². The standard InChI is InChI=1S/C7H13N3S/c1-3-10-6(5-11-2)4-9-7(10)8/h4H,3,5H2,1-2H3,(H2,8,9). The molecule has 0 bridgehead atoms. The van der Waals surface area contributed by atoms with Gasteiger partial charge in [0.25, 0.3) is 0 Å². The van der Waals surface area contributed by atoms with E-state index in [1.165, 1.54) is 5.69 Å². The van der Waals surface area contributed by atoms with Crippen molar-refractivity contribution in [2.45, 2.75) is 19.2 Å². The number of imidazole rings is 1. The quantitative estimate of drug-likeness (QED) is 0.746. The van der Waals surface area contributed by atoms with Gasteiger partial charge in [-0.3, -0.25) is 0 Å². The molecule has 1 rings (SSSR count). The summed E-state index contributed by atoms with van der Waals surface area (Å²) in [6.07, 6.45) is 3.92. The lowest BCUT2D eigenvalue weighted by atomic mass is 10.5. The molecule has 0 aliphatic carbocycles. The maximum atomic E-state index is 5.62. The molecule has 0 unspecified atom stereocenters. The highest BCUT2D eigenvalue weighted by Gasteiger charge is 2.03. The first kappa shape index (κ1) is 8.46. The number of rotatable bonds is 3. The Morgan fingerprint density at radius 1 is 1.73 bits per heavy atom. The maximum absolute atomic E-state index is 5.62. The van der Waals surface area contributed by atoms with Crippen molar-refractivity contribution < 1.29 is 0 Å². The Kier molecular flexibility index (Phi) is 2.82. The van der Waals surface area contributed by atoms with Crippen LogP contribution in [0.15, 0.2) is 6.20 Å². The molecule has 1 aromatic heterocycles. The first-order chi connectivity index (χ1) is 5.29. The highest BCUT2D eigenvalue weighted by molar-refractivity contribution is 7.97. The number of aromatic nitrogens is 2. The van der Waals surface area contributed by atoms with Gasteiger partial charge in [0.05, 0.1) is 6.20 Å². The molecule has 0 fully saturated rings. The van der Waals surface area contributed by atoms with E-state index in [4.69, 9.17) is 5.73 Å². The Morgan fingerprint density at radius 3 is 3.00 bits per heavy atom. The molecule has 0 amide bonds. The Labute approximate surface area is 71.0 Å². The van der Waals surface area contributed by atoms with Crippen LogP contribution in [0.4, 0.5) is 5.95 Å². The minimum atomic E-state index is 0.622. The molecule has 0 aliphatic heterocycles. The monoisotopic (exact) mass is 171 g/mol. The number of nitrogen functional groups attached to an aromatic ring is 1. The molecule has 1 aromatic rings. The fourth-order valence-corrected chi connectivity index (χ4v) is 1.58. The third kappa shape index (κ3) is 1.68. The Bertz CT molecular complexity index is 232. The number of nitrogens with two attached hydrogens (primary N) is 1. The summed E-state index contributed by atoms with van der Waals surface area (Å²) in [5.41, 5.74) is 6.83. The number of nitrogens with zero attached hydrogens (tertiary/aromatic N) is 2. The van der Waals surface area contributed by atoms with Gasteiger partial charge in [-0.25, -0.2) is 4.98 Å². The molecular formula is C7H13N3S. The Hall–Kier alpha value is -0.640. The predicted octanol–water partition coefficient (Wildman–Crippen LogP) is 1.35. The van der Waals surface area contributed by atoms with Crippen molar-refractivity contribution >= 4 is 17.7 Å². The topological polar surface area (TPSA) is 43.8 Å². The summed E-state index contributed by atoms with van der Waals surface area (Å²) in [5.74, 6) is 1.61. The number of anilines is 1. The molecule has 0 saturated heterocycles. The Balaban J connectivity index is 2.86.